The molecule has 29 heavy (non-hydrogen) atoms. The third kappa shape index (κ3) is 4.02. The number of amides is 1. The smallest absolute Gasteiger partial charge is 0.262 e. The maximum absolute atomic E-state index is 13.6. The number of halogens is 2. The number of hydrogen-bond acceptors (Lipinski definition) is 5. The van der Waals surface area contributed by atoms with Gasteiger partial charge in [-0.2, -0.15) is 5.10 Å². The standard InChI is InChI=1S/C19H13F2N5O2S/c20-11-6-7-14(21)15(8-11)23-16(27)10-29-19-24-17-13(18(28)25-19)9-22-26(17)12-4-2-1-3-5-12/h1-9H,10H2,(H,23,27)(H,24,25,28). The van der Waals surface area contributed by atoms with Crippen molar-refractivity contribution in [2.24, 2.45) is 0 Å². The van der Waals surface area contributed by atoms with Crippen LogP contribution in [0.15, 0.2) is 64.7 Å². The van der Waals surface area contributed by atoms with Gasteiger partial charge in [-0.15, -0.1) is 0 Å². The minimum atomic E-state index is -0.746. The molecule has 2 N–H and O–H groups in total. The van der Waals surface area contributed by atoms with E-state index in [1.807, 2.05) is 30.3 Å². The lowest BCUT2D eigenvalue weighted by molar-refractivity contribution is -0.113. The summed E-state index contributed by atoms with van der Waals surface area (Å²) < 4.78 is 28.4. The Labute approximate surface area is 166 Å². The number of anilines is 1. The number of nitrogens with zero attached hydrogens (tertiary/aromatic N) is 3. The fraction of sp³-hybridized carbons (Fsp3) is 0.0526. The van der Waals surface area contributed by atoms with E-state index in [2.05, 4.69) is 20.4 Å². The van der Waals surface area contributed by atoms with Gasteiger partial charge in [-0.3, -0.25) is 9.59 Å². The van der Waals surface area contributed by atoms with Crippen LogP contribution in [0, 0.1) is 11.6 Å². The number of para-hydroxylation sites is 1. The molecule has 0 saturated carbocycles. The lowest BCUT2D eigenvalue weighted by Crippen LogP contribution is -2.16. The number of thioether (sulfide) groups is 1. The highest BCUT2D eigenvalue weighted by atomic mass is 32.2. The van der Waals surface area contributed by atoms with E-state index in [4.69, 9.17) is 0 Å². The van der Waals surface area contributed by atoms with Gasteiger partial charge in [0.15, 0.2) is 10.8 Å². The molecule has 0 atom stereocenters. The Balaban J connectivity index is 1.54. The molecule has 2 aromatic carbocycles. The molecule has 0 bridgehead atoms. The molecular formula is C19H13F2N5O2S. The van der Waals surface area contributed by atoms with Crippen molar-refractivity contribution >= 4 is 34.4 Å². The second-order valence-electron chi connectivity index (χ2n) is 5.96. The summed E-state index contributed by atoms with van der Waals surface area (Å²) in [6, 6.07) is 11.9. The van der Waals surface area contributed by atoms with Crippen molar-refractivity contribution in [3.05, 3.63) is 76.7 Å². The molecule has 0 saturated heterocycles. The Morgan fingerprint density at radius 2 is 1.97 bits per heavy atom. The van der Waals surface area contributed by atoms with Gasteiger partial charge < -0.3 is 10.3 Å². The highest BCUT2D eigenvalue weighted by Gasteiger charge is 2.14. The number of H-pyrrole nitrogens is 1. The van der Waals surface area contributed by atoms with E-state index in [1.54, 1.807) is 0 Å². The molecule has 7 nitrogen and oxygen atoms in total. The number of rotatable bonds is 5. The fourth-order valence-corrected chi connectivity index (χ4v) is 3.29. The zero-order chi connectivity index (χ0) is 20.4. The molecular weight excluding hydrogens is 400 g/mol. The molecule has 2 heterocycles. The maximum atomic E-state index is 13.6. The van der Waals surface area contributed by atoms with Crippen LogP contribution in [0.3, 0.4) is 0 Å². The van der Waals surface area contributed by atoms with Gasteiger partial charge >= 0.3 is 0 Å². The summed E-state index contributed by atoms with van der Waals surface area (Å²) in [6.07, 6.45) is 1.42. The molecule has 0 aliphatic heterocycles. The first-order valence-corrected chi connectivity index (χ1v) is 9.41. The zero-order valence-electron chi connectivity index (χ0n) is 14.7. The summed E-state index contributed by atoms with van der Waals surface area (Å²) >= 11 is 0.958. The zero-order valence-corrected chi connectivity index (χ0v) is 15.5. The van der Waals surface area contributed by atoms with E-state index in [0.29, 0.717) is 11.0 Å². The van der Waals surface area contributed by atoms with Gasteiger partial charge in [-0.1, -0.05) is 30.0 Å². The van der Waals surface area contributed by atoms with E-state index < -0.39 is 23.1 Å². The Kier molecular flexibility index (Phi) is 5.09. The molecule has 1 amide bonds. The number of aromatic amines is 1. The van der Waals surface area contributed by atoms with Crippen LogP contribution >= 0.6 is 11.8 Å². The molecule has 0 aliphatic carbocycles. The number of fused-ring (bicyclic) bond motifs is 1. The van der Waals surface area contributed by atoms with Crippen molar-refractivity contribution in [3.8, 4) is 5.69 Å². The van der Waals surface area contributed by atoms with Gasteiger partial charge in [0.05, 0.1) is 23.3 Å². The fourth-order valence-electron chi connectivity index (χ4n) is 2.64. The van der Waals surface area contributed by atoms with Crippen LogP contribution in [-0.2, 0) is 4.79 Å². The first-order chi connectivity index (χ1) is 14.0. The summed E-state index contributed by atoms with van der Waals surface area (Å²) in [6.45, 7) is 0. The third-order valence-corrected chi connectivity index (χ3v) is 4.83. The predicted octanol–water partition coefficient (Wildman–Crippen LogP) is 3.12. The topological polar surface area (TPSA) is 92.7 Å². The first-order valence-electron chi connectivity index (χ1n) is 8.42. The van der Waals surface area contributed by atoms with Crippen LogP contribution in [0.2, 0.25) is 0 Å². The lowest BCUT2D eigenvalue weighted by Gasteiger charge is -2.07. The van der Waals surface area contributed by atoms with Gasteiger partial charge in [0.1, 0.15) is 17.0 Å². The van der Waals surface area contributed by atoms with Crippen LogP contribution in [0.4, 0.5) is 14.5 Å². The minimum Gasteiger partial charge on any atom is -0.323 e. The highest BCUT2D eigenvalue weighted by Crippen LogP contribution is 2.19. The number of carbonyl (C=O) groups is 1. The van der Waals surface area contributed by atoms with Gasteiger partial charge in [0, 0.05) is 6.07 Å². The molecule has 0 fully saturated rings. The van der Waals surface area contributed by atoms with Crippen molar-refractivity contribution in [1.29, 1.82) is 0 Å². The second-order valence-corrected chi connectivity index (χ2v) is 6.93. The van der Waals surface area contributed by atoms with Gasteiger partial charge in [0.2, 0.25) is 5.91 Å². The van der Waals surface area contributed by atoms with E-state index in [0.717, 1.165) is 35.6 Å². The Bertz CT molecular complexity index is 1260. The first kappa shape index (κ1) is 18.8. The van der Waals surface area contributed by atoms with Crippen LogP contribution in [0.1, 0.15) is 0 Å². The molecule has 0 unspecified atom stereocenters. The number of aromatic nitrogens is 4. The molecule has 146 valence electrons. The largest absolute Gasteiger partial charge is 0.323 e. The molecule has 0 radical (unpaired) electrons. The Morgan fingerprint density at radius 3 is 2.76 bits per heavy atom. The summed E-state index contributed by atoms with van der Waals surface area (Å²) in [5.74, 6) is -2.15. The summed E-state index contributed by atoms with van der Waals surface area (Å²) in [5.41, 5.74) is 0.431. The molecule has 4 rings (SSSR count). The van der Waals surface area contributed by atoms with Crippen molar-refractivity contribution in [2.75, 3.05) is 11.1 Å². The van der Waals surface area contributed by atoms with Crippen molar-refractivity contribution in [2.45, 2.75) is 5.16 Å². The Morgan fingerprint density at radius 1 is 1.17 bits per heavy atom. The highest BCUT2D eigenvalue weighted by molar-refractivity contribution is 7.99. The van der Waals surface area contributed by atoms with Crippen LogP contribution in [0.5, 0.6) is 0 Å². The number of hydrogen-bond donors (Lipinski definition) is 2. The van der Waals surface area contributed by atoms with Crippen LogP contribution in [-0.4, -0.2) is 31.4 Å². The molecule has 2 aromatic heterocycles. The minimum absolute atomic E-state index is 0.163. The summed E-state index contributed by atoms with van der Waals surface area (Å²) in [7, 11) is 0. The van der Waals surface area contributed by atoms with E-state index >= 15 is 0 Å². The van der Waals surface area contributed by atoms with Gasteiger partial charge in [-0.05, 0) is 24.3 Å². The third-order valence-electron chi connectivity index (χ3n) is 3.96. The van der Waals surface area contributed by atoms with E-state index in [9.17, 15) is 18.4 Å². The Hall–Kier alpha value is -3.53. The van der Waals surface area contributed by atoms with E-state index in [-0.39, 0.29) is 16.6 Å². The van der Waals surface area contributed by atoms with E-state index in [1.165, 1.54) is 10.9 Å². The predicted molar refractivity (Wildman–Crippen MR) is 105 cm³/mol. The number of nitrogens with one attached hydrogen (secondary N) is 2. The molecule has 4 aromatic rings. The average Bonchev–Trinajstić information content (AvgIpc) is 3.14. The average molecular weight is 413 g/mol. The summed E-state index contributed by atoms with van der Waals surface area (Å²) in [4.78, 5) is 31.3. The van der Waals surface area contributed by atoms with Crippen molar-refractivity contribution < 1.29 is 13.6 Å². The molecule has 0 aliphatic rings. The van der Waals surface area contributed by atoms with Crippen LogP contribution in [0.25, 0.3) is 16.7 Å². The quantitative estimate of drug-likeness (QED) is 0.387. The number of benzene rings is 2. The van der Waals surface area contributed by atoms with Crippen molar-refractivity contribution in [3.63, 3.8) is 0 Å². The SMILES string of the molecule is O=C(CSc1nc2c(cnn2-c2ccccc2)c(=O)[nH]1)Nc1cc(F)ccc1F. The molecule has 10 heteroatoms. The molecule has 0 spiro atoms. The van der Waals surface area contributed by atoms with Gasteiger partial charge in [-0.25, -0.2) is 18.4 Å². The maximum Gasteiger partial charge on any atom is 0.262 e. The monoisotopic (exact) mass is 413 g/mol. The van der Waals surface area contributed by atoms with Crippen molar-refractivity contribution in [1.82, 2.24) is 19.7 Å². The lowest BCUT2D eigenvalue weighted by atomic mass is 10.3. The van der Waals surface area contributed by atoms with Crippen LogP contribution < -0.4 is 10.9 Å². The number of carbonyl (C=O) groups excluding carboxylic acids is 1. The second kappa shape index (κ2) is 7.84. The van der Waals surface area contributed by atoms with Gasteiger partial charge in [0.25, 0.3) is 5.56 Å². The summed E-state index contributed by atoms with van der Waals surface area (Å²) in [5, 5.41) is 7.01. The normalized spacial score (nSPS) is 11.0.